The minimum Gasteiger partial charge on any atom is -0.372 e. The van der Waals surface area contributed by atoms with Crippen LogP contribution in [0.5, 0.6) is 0 Å². The number of quaternary nitrogens is 1. The lowest BCUT2D eigenvalue weighted by Crippen LogP contribution is -2.54. The Morgan fingerprint density at radius 1 is 1.14 bits per heavy atom. The van der Waals surface area contributed by atoms with Crippen molar-refractivity contribution in [1.29, 1.82) is 0 Å². The normalized spacial score (nSPS) is 13.0. The first kappa shape index (κ1) is 17.0. The van der Waals surface area contributed by atoms with Crippen LogP contribution in [0.1, 0.15) is 24.7 Å². The smallest absolute Gasteiger partial charge is 0.200 e. The molecule has 0 spiro atoms. The van der Waals surface area contributed by atoms with Gasteiger partial charge in [0.05, 0.1) is 6.54 Å². The van der Waals surface area contributed by atoms with E-state index in [1.54, 1.807) is 17.5 Å². The van der Waals surface area contributed by atoms with Crippen LogP contribution in [0.4, 0.5) is 5.69 Å². The minimum atomic E-state index is -3.36. The highest BCUT2D eigenvalue weighted by Crippen LogP contribution is 2.31. The van der Waals surface area contributed by atoms with Gasteiger partial charge in [0.15, 0.2) is 9.84 Å². The number of thiophene rings is 1. The fourth-order valence-corrected chi connectivity index (χ4v) is 5.43. The highest BCUT2D eigenvalue weighted by Gasteiger charge is 2.30. The van der Waals surface area contributed by atoms with E-state index < -0.39 is 15.1 Å². The fourth-order valence-electron chi connectivity index (χ4n) is 2.56. The second-order valence-electron chi connectivity index (χ2n) is 5.02. The predicted molar refractivity (Wildman–Crippen MR) is 92.0 cm³/mol. The Hall–Kier alpha value is -1.37. The maximum atomic E-state index is 12.7. The van der Waals surface area contributed by atoms with Gasteiger partial charge >= 0.3 is 0 Å². The number of hydrogen-bond donors (Lipinski definition) is 1. The van der Waals surface area contributed by atoms with Crippen molar-refractivity contribution < 1.29 is 14.2 Å². The van der Waals surface area contributed by atoms with Crippen molar-refractivity contribution in [2.24, 2.45) is 0 Å². The number of anilines is 1. The molecule has 6 heteroatoms. The number of hydrogen-bond acceptors (Lipinski definition) is 4. The Labute approximate surface area is 136 Å². The van der Waals surface area contributed by atoms with Gasteiger partial charge in [-0.2, -0.15) is 0 Å². The molecule has 22 heavy (non-hydrogen) atoms. The summed E-state index contributed by atoms with van der Waals surface area (Å²) in [4.78, 5) is 2.23. The molecule has 0 aliphatic carbocycles. The van der Waals surface area contributed by atoms with Crippen LogP contribution in [0.2, 0.25) is 0 Å². The van der Waals surface area contributed by atoms with Gasteiger partial charge in [0, 0.05) is 18.8 Å². The zero-order chi connectivity index (χ0) is 16.2. The predicted octanol–water partition coefficient (Wildman–Crippen LogP) is 2.35. The highest BCUT2D eigenvalue weighted by molar-refractivity contribution is 7.93. The molecule has 3 N–H and O–H groups in total. The first-order valence-electron chi connectivity index (χ1n) is 7.46. The van der Waals surface area contributed by atoms with Crippen molar-refractivity contribution in [3.05, 3.63) is 47.3 Å². The molecule has 1 aromatic heterocycles. The van der Waals surface area contributed by atoms with E-state index in [2.05, 4.69) is 24.5 Å². The van der Waals surface area contributed by atoms with Crippen molar-refractivity contribution in [3.63, 3.8) is 0 Å². The molecule has 120 valence electrons. The molecule has 2 aromatic rings. The summed E-state index contributed by atoms with van der Waals surface area (Å²) in [6, 6.07) is 11.2. The maximum Gasteiger partial charge on any atom is 0.200 e. The first-order valence-corrected chi connectivity index (χ1v) is 9.88. The molecule has 0 amide bonds. The van der Waals surface area contributed by atoms with Crippen molar-refractivity contribution in [3.8, 4) is 0 Å². The van der Waals surface area contributed by atoms with Crippen molar-refractivity contribution in [2.75, 3.05) is 24.5 Å². The molecule has 1 heterocycles. The third kappa shape index (κ3) is 3.34. The second kappa shape index (κ2) is 7.26. The molecule has 1 aromatic carbocycles. The Kier molecular flexibility index (Phi) is 5.61. The lowest BCUT2D eigenvalue weighted by molar-refractivity contribution is -0.367. The summed E-state index contributed by atoms with van der Waals surface area (Å²) in [5.74, 6) is 0. The third-order valence-electron chi connectivity index (χ3n) is 3.81. The Bertz CT molecular complexity index is 675. The SMILES string of the molecule is CCN(CC)c1ccc([C@@H](C[NH3+])S(=O)(=O)c2cccs2)cc1. The summed E-state index contributed by atoms with van der Waals surface area (Å²) in [6.45, 7) is 6.41. The lowest BCUT2D eigenvalue weighted by Gasteiger charge is -2.22. The summed E-state index contributed by atoms with van der Waals surface area (Å²) in [6.07, 6.45) is 0. The molecular weight excluding hydrogens is 316 g/mol. The van der Waals surface area contributed by atoms with Crippen molar-refractivity contribution >= 4 is 26.9 Å². The van der Waals surface area contributed by atoms with Crippen LogP contribution >= 0.6 is 11.3 Å². The van der Waals surface area contributed by atoms with Gasteiger partial charge in [0.25, 0.3) is 0 Å². The van der Waals surface area contributed by atoms with Crippen LogP contribution in [0, 0.1) is 0 Å². The van der Waals surface area contributed by atoms with Gasteiger partial charge in [0.2, 0.25) is 0 Å². The summed E-state index contributed by atoms with van der Waals surface area (Å²) in [5, 5.41) is 1.20. The first-order chi connectivity index (χ1) is 10.5. The summed E-state index contributed by atoms with van der Waals surface area (Å²) in [7, 11) is -3.36. The van der Waals surface area contributed by atoms with Gasteiger partial charge in [-0.1, -0.05) is 18.2 Å². The van der Waals surface area contributed by atoms with Gasteiger partial charge in [-0.05, 0) is 43.0 Å². The molecule has 0 saturated heterocycles. The quantitative estimate of drug-likeness (QED) is 0.842. The molecule has 0 unspecified atom stereocenters. The Morgan fingerprint density at radius 2 is 1.77 bits per heavy atom. The van der Waals surface area contributed by atoms with E-state index in [4.69, 9.17) is 0 Å². The number of sulfone groups is 1. The van der Waals surface area contributed by atoms with Crippen LogP contribution in [-0.4, -0.2) is 28.1 Å². The van der Waals surface area contributed by atoms with E-state index in [0.29, 0.717) is 10.8 Å². The Balaban J connectivity index is 2.33. The standard InChI is InChI=1S/C16H22N2O2S2/c1-3-18(4-2)14-9-7-13(8-10-14)15(12-17)22(19,20)16-6-5-11-21-16/h5-11,15H,3-4,12,17H2,1-2H3/p+1/t15-/m1/s1. The molecule has 0 fully saturated rings. The molecule has 0 radical (unpaired) electrons. The average Bonchev–Trinajstić information content (AvgIpc) is 3.05. The van der Waals surface area contributed by atoms with Crippen LogP contribution in [0.15, 0.2) is 46.0 Å². The molecular formula is C16H23N2O2S2+. The molecule has 4 nitrogen and oxygen atoms in total. The van der Waals surface area contributed by atoms with Crippen molar-refractivity contribution in [1.82, 2.24) is 0 Å². The number of rotatable bonds is 7. The van der Waals surface area contributed by atoms with E-state index in [1.165, 1.54) is 11.3 Å². The van der Waals surface area contributed by atoms with Crippen LogP contribution in [0.25, 0.3) is 0 Å². The summed E-state index contributed by atoms with van der Waals surface area (Å²) >= 11 is 1.26. The van der Waals surface area contributed by atoms with Gasteiger partial charge in [-0.15, -0.1) is 11.3 Å². The van der Waals surface area contributed by atoms with Crippen LogP contribution < -0.4 is 10.6 Å². The Morgan fingerprint density at radius 3 is 2.23 bits per heavy atom. The van der Waals surface area contributed by atoms with E-state index >= 15 is 0 Å². The fraction of sp³-hybridized carbons (Fsp3) is 0.375. The third-order valence-corrected chi connectivity index (χ3v) is 7.41. The molecule has 1 atom stereocenters. The van der Waals surface area contributed by atoms with E-state index in [9.17, 15) is 8.42 Å². The largest absolute Gasteiger partial charge is 0.372 e. The number of benzene rings is 1. The summed E-state index contributed by atoms with van der Waals surface area (Å²) in [5.41, 5.74) is 5.76. The van der Waals surface area contributed by atoms with E-state index in [-0.39, 0.29) is 0 Å². The van der Waals surface area contributed by atoms with Crippen LogP contribution in [0.3, 0.4) is 0 Å². The topological polar surface area (TPSA) is 65.0 Å². The second-order valence-corrected chi connectivity index (χ2v) is 8.32. The zero-order valence-corrected chi connectivity index (χ0v) is 14.7. The highest BCUT2D eigenvalue weighted by atomic mass is 32.2. The molecule has 0 aliphatic heterocycles. The molecule has 0 aliphatic rings. The molecule has 0 bridgehead atoms. The lowest BCUT2D eigenvalue weighted by atomic mass is 10.1. The van der Waals surface area contributed by atoms with E-state index in [1.807, 2.05) is 24.3 Å². The van der Waals surface area contributed by atoms with Gasteiger partial charge < -0.3 is 10.6 Å². The van der Waals surface area contributed by atoms with E-state index in [0.717, 1.165) is 24.3 Å². The van der Waals surface area contributed by atoms with Gasteiger partial charge in [0.1, 0.15) is 9.46 Å². The zero-order valence-electron chi connectivity index (χ0n) is 13.0. The molecule has 0 saturated carbocycles. The molecule has 2 rings (SSSR count). The van der Waals surface area contributed by atoms with Gasteiger partial charge in [-0.3, -0.25) is 0 Å². The monoisotopic (exact) mass is 339 g/mol. The maximum absolute atomic E-state index is 12.7. The average molecular weight is 340 g/mol. The van der Waals surface area contributed by atoms with Crippen molar-refractivity contribution in [2.45, 2.75) is 23.3 Å². The minimum absolute atomic E-state index is 0.324. The van der Waals surface area contributed by atoms with Gasteiger partial charge in [-0.25, -0.2) is 8.42 Å². The summed E-state index contributed by atoms with van der Waals surface area (Å²) < 4.78 is 25.8. The van der Waals surface area contributed by atoms with Crippen LogP contribution in [-0.2, 0) is 9.84 Å². The number of nitrogens with zero attached hydrogens (tertiary/aromatic N) is 1.